The summed E-state index contributed by atoms with van der Waals surface area (Å²) < 4.78 is 27.4. The largest absolute Gasteiger partial charge is 0.316 e. The maximum atomic E-state index is 14.0. The monoisotopic (exact) mass is 280 g/mol. The van der Waals surface area contributed by atoms with Crippen LogP contribution in [-0.2, 0) is 0 Å². The normalized spacial score (nSPS) is 31.5. The highest BCUT2D eigenvalue weighted by Gasteiger charge is 2.45. The van der Waals surface area contributed by atoms with Gasteiger partial charge >= 0.3 is 0 Å². The zero-order valence-corrected chi connectivity index (χ0v) is 12.1. The number of hydrogen-bond acceptors (Lipinski definition) is 2. The number of rotatable bonds is 3. The molecule has 2 saturated heterocycles. The molecule has 2 aliphatic heterocycles. The fraction of sp³-hybridized carbons (Fsp3) is 0.625. The minimum Gasteiger partial charge on any atom is -0.316 e. The first-order chi connectivity index (χ1) is 9.61. The van der Waals surface area contributed by atoms with Crippen LogP contribution in [0.1, 0.15) is 31.9 Å². The molecule has 0 spiro atoms. The van der Waals surface area contributed by atoms with Crippen molar-refractivity contribution in [1.82, 2.24) is 10.2 Å². The summed E-state index contributed by atoms with van der Waals surface area (Å²) in [6.07, 6.45) is 1.06. The summed E-state index contributed by atoms with van der Waals surface area (Å²) in [6, 6.07) is 4.17. The Morgan fingerprint density at radius 3 is 2.90 bits per heavy atom. The van der Waals surface area contributed by atoms with Crippen LogP contribution in [0.25, 0.3) is 0 Å². The average Bonchev–Trinajstić information content (AvgIpc) is 3.00. The molecule has 0 radical (unpaired) electrons. The van der Waals surface area contributed by atoms with Crippen molar-refractivity contribution < 1.29 is 8.78 Å². The lowest BCUT2D eigenvalue weighted by molar-refractivity contribution is 0.162. The Hall–Kier alpha value is -1.00. The summed E-state index contributed by atoms with van der Waals surface area (Å²) in [5.74, 6) is 0.643. The van der Waals surface area contributed by atoms with Crippen LogP contribution in [0.2, 0.25) is 0 Å². The highest BCUT2D eigenvalue weighted by Crippen LogP contribution is 2.39. The van der Waals surface area contributed by atoms with Crippen molar-refractivity contribution in [3.8, 4) is 0 Å². The van der Waals surface area contributed by atoms with E-state index in [4.69, 9.17) is 0 Å². The molecule has 4 unspecified atom stereocenters. The summed E-state index contributed by atoms with van der Waals surface area (Å²) in [4.78, 5) is 2.37. The van der Waals surface area contributed by atoms with E-state index in [1.807, 2.05) is 6.92 Å². The molecule has 0 saturated carbocycles. The second kappa shape index (κ2) is 5.41. The first-order valence-corrected chi connectivity index (χ1v) is 7.53. The highest BCUT2D eigenvalue weighted by atomic mass is 19.1. The first kappa shape index (κ1) is 14.0. The molecule has 110 valence electrons. The van der Waals surface area contributed by atoms with Crippen molar-refractivity contribution in [3.05, 3.63) is 35.4 Å². The number of benzene rings is 1. The van der Waals surface area contributed by atoms with Gasteiger partial charge in [-0.05, 0) is 56.5 Å². The molecule has 0 bridgehead atoms. The average molecular weight is 280 g/mol. The van der Waals surface area contributed by atoms with Gasteiger partial charge in [-0.25, -0.2) is 8.78 Å². The first-order valence-electron chi connectivity index (χ1n) is 7.53. The summed E-state index contributed by atoms with van der Waals surface area (Å²) in [6.45, 7) is 7.27. The SMILES string of the molecule is CCC1C2CNCC2CN1C(C)c1cc(F)ccc1F. The molecular formula is C16H22F2N2. The van der Waals surface area contributed by atoms with Crippen LogP contribution in [0.3, 0.4) is 0 Å². The lowest BCUT2D eigenvalue weighted by Crippen LogP contribution is -2.37. The van der Waals surface area contributed by atoms with Crippen molar-refractivity contribution in [2.75, 3.05) is 19.6 Å². The number of halogens is 2. The Bertz CT molecular complexity index is 491. The Balaban J connectivity index is 1.86. The maximum Gasteiger partial charge on any atom is 0.128 e. The van der Waals surface area contributed by atoms with Crippen LogP contribution in [0, 0.1) is 23.5 Å². The second-order valence-electron chi connectivity index (χ2n) is 6.10. The third-order valence-corrected chi connectivity index (χ3v) is 5.08. The second-order valence-corrected chi connectivity index (χ2v) is 6.10. The van der Waals surface area contributed by atoms with Crippen molar-refractivity contribution >= 4 is 0 Å². The van der Waals surface area contributed by atoms with Gasteiger partial charge in [-0.3, -0.25) is 4.90 Å². The Kier molecular flexibility index (Phi) is 3.78. The molecule has 0 amide bonds. The van der Waals surface area contributed by atoms with Gasteiger partial charge in [0.15, 0.2) is 0 Å². The van der Waals surface area contributed by atoms with E-state index in [9.17, 15) is 8.78 Å². The van der Waals surface area contributed by atoms with E-state index >= 15 is 0 Å². The van der Waals surface area contributed by atoms with Crippen molar-refractivity contribution in [2.24, 2.45) is 11.8 Å². The molecule has 0 aliphatic carbocycles. The van der Waals surface area contributed by atoms with E-state index in [0.717, 1.165) is 26.1 Å². The lowest BCUT2D eigenvalue weighted by atomic mass is 9.92. The smallest absolute Gasteiger partial charge is 0.128 e. The van der Waals surface area contributed by atoms with Gasteiger partial charge in [0, 0.05) is 24.2 Å². The number of hydrogen-bond donors (Lipinski definition) is 1. The van der Waals surface area contributed by atoms with Crippen LogP contribution >= 0.6 is 0 Å². The number of fused-ring (bicyclic) bond motifs is 1. The molecular weight excluding hydrogens is 258 g/mol. The van der Waals surface area contributed by atoms with Crippen LogP contribution in [0.5, 0.6) is 0 Å². The van der Waals surface area contributed by atoms with Gasteiger partial charge in [-0.2, -0.15) is 0 Å². The summed E-state index contributed by atoms with van der Waals surface area (Å²) in [7, 11) is 0. The van der Waals surface area contributed by atoms with Gasteiger partial charge in [-0.1, -0.05) is 6.92 Å². The third kappa shape index (κ3) is 2.25. The summed E-state index contributed by atoms with van der Waals surface area (Å²) in [5, 5.41) is 3.45. The topological polar surface area (TPSA) is 15.3 Å². The van der Waals surface area contributed by atoms with Gasteiger partial charge in [0.1, 0.15) is 11.6 Å². The zero-order valence-electron chi connectivity index (χ0n) is 12.1. The number of nitrogens with one attached hydrogen (secondary N) is 1. The van der Waals surface area contributed by atoms with E-state index in [1.165, 1.54) is 18.2 Å². The van der Waals surface area contributed by atoms with E-state index in [-0.39, 0.29) is 17.7 Å². The molecule has 4 atom stereocenters. The van der Waals surface area contributed by atoms with Gasteiger partial charge in [-0.15, -0.1) is 0 Å². The van der Waals surface area contributed by atoms with Crippen LogP contribution < -0.4 is 5.32 Å². The fourth-order valence-corrected chi connectivity index (χ4v) is 4.05. The molecule has 2 nitrogen and oxygen atoms in total. The highest BCUT2D eigenvalue weighted by molar-refractivity contribution is 5.23. The van der Waals surface area contributed by atoms with Crippen LogP contribution in [-0.4, -0.2) is 30.6 Å². The maximum absolute atomic E-state index is 14.0. The number of likely N-dealkylation sites (tertiary alicyclic amines) is 1. The standard InChI is InChI=1S/C16H22F2N2/c1-3-16-14-8-19-7-11(14)9-20(16)10(2)13-6-12(17)4-5-15(13)18/h4-6,10-11,14,16,19H,3,7-9H2,1-2H3. The molecule has 2 aliphatic rings. The van der Waals surface area contributed by atoms with Gasteiger partial charge in [0.2, 0.25) is 0 Å². The van der Waals surface area contributed by atoms with Crippen molar-refractivity contribution in [3.63, 3.8) is 0 Å². The Morgan fingerprint density at radius 1 is 1.35 bits per heavy atom. The molecule has 2 fully saturated rings. The number of nitrogens with zero attached hydrogens (tertiary/aromatic N) is 1. The fourth-order valence-electron chi connectivity index (χ4n) is 4.05. The Labute approximate surface area is 119 Å². The summed E-state index contributed by atoms with van der Waals surface area (Å²) in [5.41, 5.74) is 0.483. The molecule has 1 aromatic carbocycles. The van der Waals surface area contributed by atoms with Crippen molar-refractivity contribution in [1.29, 1.82) is 0 Å². The molecule has 1 N–H and O–H groups in total. The lowest BCUT2D eigenvalue weighted by Gasteiger charge is -2.32. The quantitative estimate of drug-likeness (QED) is 0.916. The molecule has 0 aromatic heterocycles. The predicted octanol–water partition coefficient (Wildman–Crippen LogP) is 2.96. The zero-order chi connectivity index (χ0) is 14.3. The minimum absolute atomic E-state index is 0.0683. The molecule has 1 aromatic rings. The van der Waals surface area contributed by atoms with E-state index < -0.39 is 0 Å². The molecule has 4 heteroatoms. The van der Waals surface area contributed by atoms with E-state index in [2.05, 4.69) is 17.1 Å². The van der Waals surface area contributed by atoms with Gasteiger partial charge < -0.3 is 5.32 Å². The third-order valence-electron chi connectivity index (χ3n) is 5.08. The van der Waals surface area contributed by atoms with Crippen LogP contribution in [0.4, 0.5) is 8.78 Å². The van der Waals surface area contributed by atoms with Crippen LogP contribution in [0.15, 0.2) is 18.2 Å². The molecule has 2 heterocycles. The van der Waals surface area contributed by atoms with E-state index in [1.54, 1.807) is 0 Å². The Morgan fingerprint density at radius 2 is 2.15 bits per heavy atom. The molecule has 3 rings (SSSR count). The predicted molar refractivity (Wildman–Crippen MR) is 75.4 cm³/mol. The minimum atomic E-state index is -0.359. The van der Waals surface area contributed by atoms with Gasteiger partial charge in [0.25, 0.3) is 0 Å². The van der Waals surface area contributed by atoms with Gasteiger partial charge in [0.05, 0.1) is 0 Å². The van der Waals surface area contributed by atoms with E-state index in [0.29, 0.717) is 23.4 Å². The molecule has 20 heavy (non-hydrogen) atoms. The summed E-state index contributed by atoms with van der Waals surface area (Å²) >= 11 is 0. The van der Waals surface area contributed by atoms with Crippen molar-refractivity contribution in [2.45, 2.75) is 32.4 Å².